The summed E-state index contributed by atoms with van der Waals surface area (Å²) >= 11 is 12.3. The standard InChI is InChI=1S/C20H19Cl2N7/c21-13-3-4-14-15(5-6-23-16(14)11-13)24-7-10-29-12-25-17-18(28-8-1-2-9-28)26-20(22)27-19(17)29/h3-6,11-12H,1-2,7-10H2,(H,23,24). The van der Waals surface area contributed by atoms with E-state index >= 15 is 0 Å². The summed E-state index contributed by atoms with van der Waals surface area (Å²) in [5, 5.41) is 5.45. The quantitative estimate of drug-likeness (QED) is 0.476. The van der Waals surface area contributed by atoms with Gasteiger partial charge in [-0.2, -0.15) is 9.97 Å². The minimum Gasteiger partial charge on any atom is -0.383 e. The van der Waals surface area contributed by atoms with Gasteiger partial charge in [0.05, 0.1) is 11.8 Å². The average Bonchev–Trinajstić information content (AvgIpc) is 3.38. The van der Waals surface area contributed by atoms with Crippen LogP contribution in [0.15, 0.2) is 36.8 Å². The van der Waals surface area contributed by atoms with Gasteiger partial charge >= 0.3 is 0 Å². The molecule has 29 heavy (non-hydrogen) atoms. The number of imidazole rings is 1. The molecule has 1 N–H and O–H groups in total. The first-order chi connectivity index (χ1) is 14.2. The van der Waals surface area contributed by atoms with Gasteiger partial charge in [0.1, 0.15) is 0 Å². The largest absolute Gasteiger partial charge is 0.383 e. The smallest absolute Gasteiger partial charge is 0.226 e. The van der Waals surface area contributed by atoms with E-state index in [0.29, 0.717) is 18.1 Å². The lowest BCUT2D eigenvalue weighted by atomic mass is 10.2. The molecule has 1 saturated heterocycles. The summed E-state index contributed by atoms with van der Waals surface area (Å²) in [6, 6.07) is 7.69. The van der Waals surface area contributed by atoms with Crippen LogP contribution in [0.5, 0.6) is 0 Å². The van der Waals surface area contributed by atoms with Gasteiger partial charge in [-0.25, -0.2) is 4.98 Å². The highest BCUT2D eigenvalue weighted by Gasteiger charge is 2.20. The highest BCUT2D eigenvalue weighted by atomic mass is 35.5. The van der Waals surface area contributed by atoms with Crippen LogP contribution in [0.4, 0.5) is 11.5 Å². The summed E-state index contributed by atoms with van der Waals surface area (Å²) < 4.78 is 2.01. The zero-order valence-electron chi connectivity index (χ0n) is 15.6. The third-order valence-electron chi connectivity index (χ3n) is 5.20. The minimum atomic E-state index is 0.256. The Morgan fingerprint density at radius 1 is 1.03 bits per heavy atom. The van der Waals surface area contributed by atoms with Crippen molar-refractivity contribution in [1.29, 1.82) is 0 Å². The van der Waals surface area contributed by atoms with Crippen LogP contribution in [-0.2, 0) is 6.54 Å². The lowest BCUT2D eigenvalue weighted by molar-refractivity contribution is 0.741. The summed E-state index contributed by atoms with van der Waals surface area (Å²) in [4.78, 5) is 20.1. The minimum absolute atomic E-state index is 0.256. The van der Waals surface area contributed by atoms with E-state index in [2.05, 4.69) is 30.2 Å². The molecule has 148 valence electrons. The molecule has 1 aliphatic heterocycles. The number of aromatic nitrogens is 5. The van der Waals surface area contributed by atoms with Gasteiger partial charge in [-0.05, 0) is 48.7 Å². The summed E-state index contributed by atoms with van der Waals surface area (Å²) in [6.45, 7) is 3.36. The Kier molecular flexibility index (Phi) is 4.85. The highest BCUT2D eigenvalue weighted by molar-refractivity contribution is 6.31. The van der Waals surface area contributed by atoms with Gasteiger partial charge in [0.25, 0.3) is 0 Å². The maximum Gasteiger partial charge on any atom is 0.226 e. The zero-order chi connectivity index (χ0) is 19.8. The molecule has 5 rings (SSSR count). The van der Waals surface area contributed by atoms with Crippen molar-refractivity contribution in [2.75, 3.05) is 29.9 Å². The number of benzene rings is 1. The predicted molar refractivity (Wildman–Crippen MR) is 117 cm³/mol. The van der Waals surface area contributed by atoms with Crippen LogP contribution in [0, 0.1) is 0 Å². The first-order valence-electron chi connectivity index (χ1n) is 9.60. The number of nitrogens with zero attached hydrogens (tertiary/aromatic N) is 6. The molecule has 0 aliphatic carbocycles. The molecule has 1 aromatic carbocycles. The number of rotatable bonds is 5. The highest BCUT2D eigenvalue weighted by Crippen LogP contribution is 2.27. The lowest BCUT2D eigenvalue weighted by Crippen LogP contribution is -2.20. The Bertz CT molecular complexity index is 1180. The van der Waals surface area contributed by atoms with Gasteiger partial charge in [-0.1, -0.05) is 11.6 Å². The van der Waals surface area contributed by atoms with Crippen molar-refractivity contribution < 1.29 is 0 Å². The van der Waals surface area contributed by atoms with Crippen molar-refractivity contribution >= 4 is 56.8 Å². The second-order valence-electron chi connectivity index (χ2n) is 7.07. The van der Waals surface area contributed by atoms with E-state index in [1.54, 1.807) is 12.5 Å². The molecular formula is C20H19Cl2N7. The first kappa shape index (κ1) is 18.4. The first-order valence-corrected chi connectivity index (χ1v) is 10.4. The zero-order valence-corrected chi connectivity index (χ0v) is 17.2. The molecule has 1 aliphatic rings. The Hall–Kier alpha value is -2.64. The van der Waals surface area contributed by atoms with E-state index in [-0.39, 0.29) is 5.28 Å². The monoisotopic (exact) mass is 427 g/mol. The van der Waals surface area contributed by atoms with E-state index in [9.17, 15) is 0 Å². The Morgan fingerprint density at radius 3 is 2.76 bits per heavy atom. The molecule has 0 atom stereocenters. The Labute approximate surface area is 177 Å². The number of halogens is 2. The normalized spacial score (nSPS) is 14.2. The van der Waals surface area contributed by atoms with Crippen molar-refractivity contribution in [3.63, 3.8) is 0 Å². The van der Waals surface area contributed by atoms with Crippen LogP contribution in [0.3, 0.4) is 0 Å². The lowest BCUT2D eigenvalue weighted by Gasteiger charge is -2.16. The van der Waals surface area contributed by atoms with Crippen molar-refractivity contribution in [2.24, 2.45) is 0 Å². The fraction of sp³-hybridized carbons (Fsp3) is 0.300. The third-order valence-corrected chi connectivity index (χ3v) is 5.60. The van der Waals surface area contributed by atoms with Gasteiger partial charge in [0.2, 0.25) is 5.28 Å². The molecule has 1 fully saturated rings. The molecule has 0 radical (unpaired) electrons. The van der Waals surface area contributed by atoms with Gasteiger partial charge in [-0.15, -0.1) is 0 Å². The Balaban J connectivity index is 1.38. The molecule has 0 bridgehead atoms. The fourth-order valence-electron chi connectivity index (χ4n) is 3.80. The second-order valence-corrected chi connectivity index (χ2v) is 7.84. The van der Waals surface area contributed by atoms with Crippen LogP contribution < -0.4 is 10.2 Å². The number of anilines is 2. The number of hydrogen-bond acceptors (Lipinski definition) is 6. The second kappa shape index (κ2) is 7.65. The van der Waals surface area contributed by atoms with Crippen molar-refractivity contribution in [3.05, 3.63) is 47.1 Å². The number of fused-ring (bicyclic) bond motifs is 2. The van der Waals surface area contributed by atoms with Crippen LogP contribution in [0.25, 0.3) is 22.1 Å². The molecule has 0 unspecified atom stereocenters. The molecule has 7 nitrogen and oxygen atoms in total. The van der Waals surface area contributed by atoms with E-state index < -0.39 is 0 Å². The Morgan fingerprint density at radius 2 is 1.90 bits per heavy atom. The fourth-order valence-corrected chi connectivity index (χ4v) is 4.13. The maximum absolute atomic E-state index is 6.22. The molecule has 0 amide bonds. The predicted octanol–water partition coefficient (Wildman–Crippen LogP) is 4.39. The van der Waals surface area contributed by atoms with Gasteiger partial charge < -0.3 is 14.8 Å². The molecule has 4 heterocycles. The van der Waals surface area contributed by atoms with Gasteiger partial charge in [-0.3, -0.25) is 4.98 Å². The van der Waals surface area contributed by atoms with Crippen LogP contribution >= 0.6 is 23.2 Å². The molecule has 4 aromatic rings. The molecule has 9 heteroatoms. The van der Waals surface area contributed by atoms with Crippen molar-refractivity contribution in [3.8, 4) is 0 Å². The molecular weight excluding hydrogens is 409 g/mol. The topological polar surface area (TPSA) is 71.8 Å². The van der Waals surface area contributed by atoms with E-state index in [1.165, 1.54) is 12.8 Å². The van der Waals surface area contributed by atoms with E-state index in [4.69, 9.17) is 23.2 Å². The van der Waals surface area contributed by atoms with Crippen molar-refractivity contribution in [1.82, 2.24) is 24.5 Å². The molecule has 3 aromatic heterocycles. The average molecular weight is 428 g/mol. The number of hydrogen-bond donors (Lipinski definition) is 1. The molecule has 0 saturated carbocycles. The number of nitrogens with one attached hydrogen (secondary N) is 1. The SMILES string of the molecule is Clc1ccc2c(NCCn3cnc4c(N5CCCC5)nc(Cl)nc43)ccnc2c1. The van der Waals surface area contributed by atoms with E-state index in [1.807, 2.05) is 28.8 Å². The number of pyridine rings is 1. The third kappa shape index (κ3) is 3.56. The van der Waals surface area contributed by atoms with Crippen LogP contribution in [-0.4, -0.2) is 44.1 Å². The summed E-state index contributed by atoms with van der Waals surface area (Å²) in [5.41, 5.74) is 3.45. The summed E-state index contributed by atoms with van der Waals surface area (Å²) in [5.74, 6) is 0.834. The van der Waals surface area contributed by atoms with Gasteiger partial charge in [0, 0.05) is 48.5 Å². The summed E-state index contributed by atoms with van der Waals surface area (Å²) in [7, 11) is 0. The van der Waals surface area contributed by atoms with Crippen LogP contribution in [0.1, 0.15) is 12.8 Å². The molecule has 0 spiro atoms. The van der Waals surface area contributed by atoms with Gasteiger partial charge in [0.15, 0.2) is 17.0 Å². The summed E-state index contributed by atoms with van der Waals surface area (Å²) in [6.07, 6.45) is 5.92. The van der Waals surface area contributed by atoms with Crippen molar-refractivity contribution in [2.45, 2.75) is 19.4 Å². The maximum atomic E-state index is 6.22. The van der Waals surface area contributed by atoms with E-state index in [0.717, 1.165) is 46.7 Å². The van der Waals surface area contributed by atoms with Crippen LogP contribution in [0.2, 0.25) is 10.3 Å².